The Labute approximate surface area is 288 Å². The molecule has 0 spiro atoms. The van der Waals surface area contributed by atoms with Gasteiger partial charge in [0.25, 0.3) is 11.8 Å². The highest BCUT2D eigenvalue weighted by Gasteiger charge is 2.42. The van der Waals surface area contributed by atoms with E-state index in [2.05, 4.69) is 10.6 Å². The summed E-state index contributed by atoms with van der Waals surface area (Å²) in [5.74, 6) is -1.78. The zero-order valence-electron chi connectivity index (χ0n) is 26.8. The number of aromatic nitrogens is 2. The molecular weight excluding hydrogens is 659 g/mol. The summed E-state index contributed by atoms with van der Waals surface area (Å²) in [6.07, 6.45) is -2.74. The zero-order chi connectivity index (χ0) is 34.6. The van der Waals surface area contributed by atoms with Crippen LogP contribution in [-0.4, -0.2) is 57.7 Å². The van der Waals surface area contributed by atoms with E-state index in [0.717, 1.165) is 16.9 Å². The van der Waals surface area contributed by atoms with Crippen molar-refractivity contribution in [1.29, 1.82) is 0 Å². The molecule has 4 aromatic rings. The number of amides is 2. The number of benzene rings is 3. The minimum absolute atomic E-state index is 0.0343. The lowest BCUT2D eigenvalue weighted by molar-refractivity contribution is -0.144. The molecule has 0 radical (unpaired) electrons. The molecule has 11 nitrogen and oxygen atoms in total. The van der Waals surface area contributed by atoms with E-state index in [-0.39, 0.29) is 25.2 Å². The van der Waals surface area contributed by atoms with Gasteiger partial charge in [-0.05, 0) is 48.9 Å². The summed E-state index contributed by atoms with van der Waals surface area (Å²) in [7, 11) is 0. The van der Waals surface area contributed by atoms with E-state index in [1.165, 1.54) is 0 Å². The quantitative estimate of drug-likeness (QED) is 0.177. The highest BCUT2D eigenvalue weighted by molar-refractivity contribution is 6.35. The van der Waals surface area contributed by atoms with Crippen LogP contribution in [0.5, 0.6) is 5.75 Å². The second-order valence-corrected chi connectivity index (χ2v) is 13.2. The molecule has 1 saturated heterocycles. The number of nitrogens with one attached hydrogen (secondary N) is 2. The van der Waals surface area contributed by atoms with Crippen LogP contribution < -0.4 is 15.4 Å². The van der Waals surface area contributed by atoms with Crippen molar-refractivity contribution in [3.63, 3.8) is 0 Å². The monoisotopic (exact) mass is 694 g/mol. The zero-order valence-corrected chi connectivity index (χ0v) is 28.3. The normalized spacial score (nSPS) is 16.7. The van der Waals surface area contributed by atoms with Crippen LogP contribution >= 0.6 is 23.2 Å². The van der Waals surface area contributed by atoms with E-state index in [1.54, 1.807) is 53.2 Å². The van der Waals surface area contributed by atoms with Gasteiger partial charge in [-0.1, -0.05) is 79.9 Å². The highest BCUT2D eigenvalue weighted by atomic mass is 35.5. The number of hydrogen-bond acceptors (Lipinski definition) is 7. The average molecular weight is 696 g/mol. The Hall–Kier alpha value is -4.42. The maximum absolute atomic E-state index is 13.5. The fourth-order valence-corrected chi connectivity index (χ4v) is 5.45. The van der Waals surface area contributed by atoms with Crippen molar-refractivity contribution < 1.29 is 33.7 Å². The second kappa shape index (κ2) is 14.8. The molecule has 5 rings (SSSR count). The van der Waals surface area contributed by atoms with E-state index in [1.807, 2.05) is 52.0 Å². The molecule has 3 N–H and O–H groups in total. The van der Waals surface area contributed by atoms with Gasteiger partial charge in [-0.3, -0.25) is 9.59 Å². The van der Waals surface area contributed by atoms with Gasteiger partial charge in [-0.15, -0.1) is 0 Å². The number of anilines is 1. The molecule has 0 saturated carbocycles. The number of carboxylic acid groups (broad SMARTS) is 1. The third kappa shape index (κ3) is 8.35. The van der Waals surface area contributed by atoms with Crippen LogP contribution in [0.4, 0.5) is 5.82 Å². The molecule has 2 heterocycles. The van der Waals surface area contributed by atoms with Crippen LogP contribution in [0.15, 0.2) is 72.8 Å². The molecule has 48 heavy (non-hydrogen) atoms. The molecule has 252 valence electrons. The highest BCUT2D eigenvalue weighted by Crippen LogP contribution is 2.28. The van der Waals surface area contributed by atoms with Crippen LogP contribution in [0.25, 0.3) is 5.69 Å². The number of nitrogens with zero attached hydrogens (tertiary/aromatic N) is 2. The first-order valence-corrected chi connectivity index (χ1v) is 15.9. The van der Waals surface area contributed by atoms with Gasteiger partial charge in [0.2, 0.25) is 0 Å². The number of hydrogen-bond donors (Lipinski definition) is 3. The number of ether oxygens (including phenoxy) is 3. The molecule has 3 atom stereocenters. The summed E-state index contributed by atoms with van der Waals surface area (Å²) in [5, 5.41) is 20.9. The third-order valence-corrected chi connectivity index (χ3v) is 8.43. The Bertz CT molecular complexity index is 1770. The number of aliphatic carboxylic acids is 1. The first kappa shape index (κ1) is 34.9. The van der Waals surface area contributed by atoms with Gasteiger partial charge in [0, 0.05) is 33.5 Å². The number of carbonyl (C=O) groups is 3. The first-order valence-electron chi connectivity index (χ1n) is 15.2. The Morgan fingerprint density at radius 2 is 1.60 bits per heavy atom. The van der Waals surface area contributed by atoms with Crippen molar-refractivity contribution in [2.45, 2.75) is 64.4 Å². The van der Waals surface area contributed by atoms with Crippen LogP contribution in [-0.2, 0) is 42.3 Å². The molecular formula is C35H36Cl2N4O7. The van der Waals surface area contributed by atoms with Gasteiger partial charge in [0.05, 0.1) is 11.4 Å². The molecule has 3 aromatic carbocycles. The second-order valence-electron chi connectivity index (χ2n) is 12.4. The topological polar surface area (TPSA) is 141 Å². The summed E-state index contributed by atoms with van der Waals surface area (Å²) >= 11 is 12.4. The van der Waals surface area contributed by atoms with Gasteiger partial charge >= 0.3 is 5.97 Å². The molecule has 1 fully saturated rings. The Balaban J connectivity index is 1.23. The lowest BCUT2D eigenvalue weighted by Gasteiger charge is -2.20. The fourth-order valence-electron chi connectivity index (χ4n) is 4.94. The molecule has 13 heteroatoms. The minimum Gasteiger partial charge on any atom is -0.489 e. The van der Waals surface area contributed by atoms with Crippen LogP contribution in [0.1, 0.15) is 43.2 Å². The van der Waals surface area contributed by atoms with E-state index < -0.39 is 36.0 Å². The summed E-state index contributed by atoms with van der Waals surface area (Å²) in [5.41, 5.74) is 3.51. The molecule has 1 aliphatic heterocycles. The number of rotatable bonds is 11. The van der Waals surface area contributed by atoms with Crippen molar-refractivity contribution in [2.75, 3.05) is 12.1 Å². The maximum Gasteiger partial charge on any atom is 0.326 e. The fraction of sp³-hybridized carbons (Fsp3) is 0.314. The molecule has 1 aliphatic rings. The molecule has 0 bridgehead atoms. The largest absolute Gasteiger partial charge is 0.489 e. The summed E-state index contributed by atoms with van der Waals surface area (Å²) in [6.45, 7) is 7.83. The lowest BCUT2D eigenvalue weighted by Crippen LogP contribution is -2.51. The smallest absolute Gasteiger partial charge is 0.326 e. The van der Waals surface area contributed by atoms with Crippen molar-refractivity contribution >= 4 is 46.8 Å². The van der Waals surface area contributed by atoms with Crippen LogP contribution in [0.3, 0.4) is 0 Å². The minimum atomic E-state index is -1.38. The SMILES string of the molecule is Cc1ccc(-n2nc(C(C)(C)C)cc2NC(=O)C2OCOC2C(=O)NC(Cc2ccc(OCc3c(Cl)cccc3Cl)cc2)C(=O)O)cc1. The van der Waals surface area contributed by atoms with E-state index in [0.29, 0.717) is 32.7 Å². The van der Waals surface area contributed by atoms with E-state index >= 15 is 0 Å². The predicted molar refractivity (Wildman–Crippen MR) is 181 cm³/mol. The van der Waals surface area contributed by atoms with Gasteiger partial charge in [0.15, 0.2) is 12.2 Å². The Morgan fingerprint density at radius 3 is 2.21 bits per heavy atom. The Kier molecular flexibility index (Phi) is 10.7. The standard InChI is InChI=1S/C35H36Cl2N4O7/c1-20-8-12-22(13-9-20)41-29(17-28(40-41)35(2,3)4)39-33(43)31-30(47-19-48-31)32(42)38-27(34(44)45)16-21-10-14-23(15-11-21)46-18-24-25(36)6-5-7-26(24)37/h5-15,17,27,30-31H,16,18-19H2,1-4H3,(H,38,42)(H,39,43)(H,44,45). The summed E-state index contributed by atoms with van der Waals surface area (Å²) in [6, 6.07) is 20.0. The van der Waals surface area contributed by atoms with Crippen molar-refractivity contribution in [1.82, 2.24) is 15.1 Å². The predicted octanol–water partition coefficient (Wildman–Crippen LogP) is 5.86. The molecule has 3 unspecified atom stereocenters. The third-order valence-electron chi connectivity index (χ3n) is 7.72. The number of aryl methyl sites for hydroxylation is 1. The van der Waals surface area contributed by atoms with Gasteiger partial charge < -0.3 is 30.0 Å². The van der Waals surface area contributed by atoms with Crippen molar-refractivity contribution in [2.24, 2.45) is 0 Å². The summed E-state index contributed by atoms with van der Waals surface area (Å²) in [4.78, 5) is 38.9. The van der Waals surface area contributed by atoms with Crippen molar-refractivity contribution in [3.05, 3.63) is 105 Å². The van der Waals surface area contributed by atoms with E-state index in [9.17, 15) is 19.5 Å². The van der Waals surface area contributed by atoms with Crippen LogP contribution in [0, 0.1) is 6.92 Å². The molecule has 0 aliphatic carbocycles. The first-order chi connectivity index (χ1) is 22.8. The van der Waals surface area contributed by atoms with Gasteiger partial charge in [-0.2, -0.15) is 5.10 Å². The lowest BCUT2D eigenvalue weighted by atomic mass is 9.92. The van der Waals surface area contributed by atoms with Gasteiger partial charge in [-0.25, -0.2) is 9.48 Å². The number of carbonyl (C=O) groups excluding carboxylic acids is 2. The summed E-state index contributed by atoms with van der Waals surface area (Å²) < 4.78 is 18.4. The van der Waals surface area contributed by atoms with Crippen molar-refractivity contribution in [3.8, 4) is 11.4 Å². The molecule has 1 aromatic heterocycles. The number of halogens is 2. The average Bonchev–Trinajstić information content (AvgIpc) is 3.70. The maximum atomic E-state index is 13.5. The van der Waals surface area contributed by atoms with Gasteiger partial charge in [0.1, 0.15) is 31.0 Å². The number of carboxylic acids is 1. The van der Waals surface area contributed by atoms with E-state index in [4.69, 9.17) is 42.5 Å². The molecule has 2 amide bonds. The van der Waals surface area contributed by atoms with Crippen LogP contribution in [0.2, 0.25) is 10.0 Å². The Morgan fingerprint density at radius 1 is 0.979 bits per heavy atom.